The lowest BCUT2D eigenvalue weighted by atomic mass is 10.0. The van der Waals surface area contributed by atoms with Crippen LogP contribution in [0.2, 0.25) is 0 Å². The zero-order valence-electron chi connectivity index (χ0n) is 13.7. The van der Waals surface area contributed by atoms with Crippen molar-refractivity contribution in [3.63, 3.8) is 0 Å². The Hall–Kier alpha value is -2.28. The first kappa shape index (κ1) is 23.0. The van der Waals surface area contributed by atoms with Crippen molar-refractivity contribution in [2.75, 3.05) is 0 Å². The van der Waals surface area contributed by atoms with E-state index in [4.69, 9.17) is 0 Å². The minimum atomic E-state index is -5.10. The SMILES string of the molecule is O=C(N/N=C/c1cc(Br)c(O)c(Br)c1O)c1cc(C(F)(F)F)cc(C(F)(F)F)c1. The van der Waals surface area contributed by atoms with Gasteiger partial charge in [-0.2, -0.15) is 31.4 Å². The van der Waals surface area contributed by atoms with Crippen LogP contribution in [0.5, 0.6) is 11.5 Å². The van der Waals surface area contributed by atoms with Crippen LogP contribution < -0.4 is 5.43 Å². The summed E-state index contributed by atoms with van der Waals surface area (Å²) in [5.41, 5.74) is -2.46. The first-order valence-corrected chi connectivity index (χ1v) is 8.83. The molecular weight excluding hydrogens is 542 g/mol. The molecule has 2 aromatic carbocycles. The molecule has 0 saturated carbocycles. The normalized spacial score (nSPS) is 12.4. The first-order chi connectivity index (χ1) is 13.2. The van der Waals surface area contributed by atoms with Crippen molar-refractivity contribution in [2.24, 2.45) is 5.10 Å². The lowest BCUT2D eigenvalue weighted by Gasteiger charge is -2.13. The number of phenolic OH excluding ortho intramolecular Hbond substituents is 2. The molecule has 13 heteroatoms. The standard InChI is InChI=1S/C16H8Br2F6N2O3/c17-10-3-7(12(27)11(18)13(10)28)5-25-26-14(29)6-1-8(15(19,20)21)4-9(2-6)16(22,23)24/h1-5,27-28H,(H,26,29)/b25-5+. The molecule has 0 spiro atoms. The van der Waals surface area contributed by atoms with Gasteiger partial charge in [0.1, 0.15) is 16.0 Å². The van der Waals surface area contributed by atoms with Gasteiger partial charge >= 0.3 is 12.4 Å². The second kappa shape index (κ2) is 8.22. The van der Waals surface area contributed by atoms with Gasteiger partial charge in [-0.1, -0.05) is 0 Å². The number of phenols is 2. The summed E-state index contributed by atoms with van der Waals surface area (Å²) in [6.07, 6.45) is -9.33. The fourth-order valence-corrected chi connectivity index (χ4v) is 3.18. The smallest absolute Gasteiger partial charge is 0.416 e. The van der Waals surface area contributed by atoms with Crippen LogP contribution in [0.4, 0.5) is 26.3 Å². The van der Waals surface area contributed by atoms with E-state index in [-0.39, 0.29) is 38.5 Å². The van der Waals surface area contributed by atoms with Crippen LogP contribution in [-0.4, -0.2) is 22.3 Å². The van der Waals surface area contributed by atoms with Gasteiger partial charge in [-0.3, -0.25) is 4.79 Å². The fourth-order valence-electron chi connectivity index (χ4n) is 2.03. The monoisotopic (exact) mass is 548 g/mol. The fraction of sp³-hybridized carbons (Fsp3) is 0.125. The van der Waals surface area contributed by atoms with Gasteiger partial charge < -0.3 is 10.2 Å². The molecule has 0 aliphatic carbocycles. The van der Waals surface area contributed by atoms with Crippen molar-refractivity contribution in [2.45, 2.75) is 12.4 Å². The summed E-state index contributed by atoms with van der Waals surface area (Å²) in [7, 11) is 0. The molecule has 0 fully saturated rings. The van der Waals surface area contributed by atoms with E-state index in [1.165, 1.54) is 6.07 Å². The quantitative estimate of drug-likeness (QED) is 0.271. The molecule has 0 saturated heterocycles. The molecule has 5 nitrogen and oxygen atoms in total. The van der Waals surface area contributed by atoms with Gasteiger partial charge in [-0.15, -0.1) is 0 Å². The number of aromatic hydroxyl groups is 2. The summed E-state index contributed by atoms with van der Waals surface area (Å²) in [5, 5.41) is 22.9. The topological polar surface area (TPSA) is 81.9 Å². The summed E-state index contributed by atoms with van der Waals surface area (Å²) in [5.74, 6) is -2.14. The Bertz CT molecular complexity index is 958. The molecule has 0 aromatic heterocycles. The molecule has 0 radical (unpaired) electrons. The number of benzene rings is 2. The van der Waals surface area contributed by atoms with Gasteiger partial charge in [0.2, 0.25) is 0 Å². The molecule has 29 heavy (non-hydrogen) atoms. The largest absolute Gasteiger partial charge is 0.506 e. The van der Waals surface area contributed by atoms with E-state index >= 15 is 0 Å². The Morgan fingerprint density at radius 1 is 0.931 bits per heavy atom. The van der Waals surface area contributed by atoms with E-state index in [0.717, 1.165) is 6.21 Å². The summed E-state index contributed by atoms with van der Waals surface area (Å²) in [6.45, 7) is 0. The molecule has 0 aliphatic heterocycles. The number of hydrogen-bond acceptors (Lipinski definition) is 4. The molecule has 156 valence electrons. The number of alkyl halides is 6. The number of carbonyl (C=O) groups is 1. The highest BCUT2D eigenvalue weighted by Crippen LogP contribution is 2.40. The van der Waals surface area contributed by atoms with E-state index in [1.54, 1.807) is 5.43 Å². The number of rotatable bonds is 3. The molecule has 0 unspecified atom stereocenters. The number of halogens is 8. The maximum Gasteiger partial charge on any atom is 0.416 e. The third-order valence-corrected chi connectivity index (χ3v) is 4.77. The summed E-state index contributed by atoms with van der Waals surface area (Å²) < 4.78 is 77.1. The van der Waals surface area contributed by atoms with Crippen LogP contribution in [0.25, 0.3) is 0 Å². The number of amides is 1. The van der Waals surface area contributed by atoms with Gasteiger partial charge in [-0.25, -0.2) is 5.43 Å². The second-order valence-corrected chi connectivity index (χ2v) is 7.10. The minimum Gasteiger partial charge on any atom is -0.506 e. The number of hydrogen-bond donors (Lipinski definition) is 3. The molecule has 3 N–H and O–H groups in total. The Kier molecular flexibility index (Phi) is 6.52. The molecule has 0 atom stereocenters. The highest BCUT2D eigenvalue weighted by Gasteiger charge is 2.37. The number of nitrogens with one attached hydrogen (secondary N) is 1. The Balaban J connectivity index is 2.33. The molecule has 0 heterocycles. The van der Waals surface area contributed by atoms with Crippen molar-refractivity contribution >= 4 is 44.0 Å². The van der Waals surface area contributed by atoms with E-state index < -0.39 is 40.7 Å². The van der Waals surface area contributed by atoms with Crippen molar-refractivity contribution in [1.82, 2.24) is 5.43 Å². The van der Waals surface area contributed by atoms with Crippen molar-refractivity contribution in [1.29, 1.82) is 0 Å². The van der Waals surface area contributed by atoms with Crippen molar-refractivity contribution in [3.8, 4) is 11.5 Å². The summed E-state index contributed by atoms with van der Waals surface area (Å²) in [4.78, 5) is 12.0. The van der Waals surface area contributed by atoms with Crippen LogP contribution in [0, 0.1) is 0 Å². The van der Waals surface area contributed by atoms with Crippen LogP contribution in [0.1, 0.15) is 27.0 Å². The van der Waals surface area contributed by atoms with Gasteiger partial charge in [0.25, 0.3) is 5.91 Å². The minimum absolute atomic E-state index is 0.0260. The maximum atomic E-state index is 12.8. The van der Waals surface area contributed by atoms with E-state index in [9.17, 15) is 41.4 Å². The summed E-state index contributed by atoms with van der Waals surface area (Å²) >= 11 is 5.89. The first-order valence-electron chi connectivity index (χ1n) is 7.24. The highest BCUT2D eigenvalue weighted by atomic mass is 79.9. The third kappa shape index (κ3) is 5.41. The molecule has 2 aromatic rings. The average molecular weight is 550 g/mol. The lowest BCUT2D eigenvalue weighted by molar-refractivity contribution is -0.143. The maximum absolute atomic E-state index is 12.8. The van der Waals surface area contributed by atoms with E-state index in [1.807, 2.05) is 0 Å². The molecule has 1 amide bonds. The zero-order valence-corrected chi connectivity index (χ0v) is 16.8. The van der Waals surface area contributed by atoms with Crippen LogP contribution in [-0.2, 0) is 12.4 Å². The number of nitrogens with zero attached hydrogens (tertiary/aromatic N) is 1. The van der Waals surface area contributed by atoms with Gasteiger partial charge in [0.05, 0.1) is 21.8 Å². The van der Waals surface area contributed by atoms with Crippen LogP contribution >= 0.6 is 31.9 Å². The van der Waals surface area contributed by atoms with Gasteiger partial charge in [0, 0.05) is 11.1 Å². The predicted octanol–water partition coefficient (Wildman–Crippen LogP) is 5.42. The second-order valence-electron chi connectivity index (χ2n) is 5.45. The van der Waals surface area contributed by atoms with E-state index in [0.29, 0.717) is 0 Å². The highest BCUT2D eigenvalue weighted by molar-refractivity contribution is 9.11. The summed E-state index contributed by atoms with van der Waals surface area (Å²) in [6, 6.07) is 1.61. The molecule has 2 rings (SSSR count). The zero-order chi connectivity index (χ0) is 22.1. The molecule has 0 bridgehead atoms. The Morgan fingerprint density at radius 3 is 1.93 bits per heavy atom. The predicted molar refractivity (Wildman–Crippen MR) is 96.7 cm³/mol. The number of hydrazone groups is 1. The lowest BCUT2D eigenvalue weighted by Crippen LogP contribution is -2.20. The van der Waals surface area contributed by atoms with Crippen molar-refractivity contribution < 1.29 is 41.4 Å². The average Bonchev–Trinajstić information content (AvgIpc) is 2.62. The van der Waals surface area contributed by atoms with Gasteiger partial charge in [0.15, 0.2) is 0 Å². The molecular formula is C16H8Br2F6N2O3. The van der Waals surface area contributed by atoms with E-state index in [2.05, 4.69) is 37.0 Å². The van der Waals surface area contributed by atoms with Gasteiger partial charge in [-0.05, 0) is 56.1 Å². The number of carbonyl (C=O) groups excluding carboxylic acids is 1. The van der Waals surface area contributed by atoms with Crippen LogP contribution in [0.3, 0.4) is 0 Å². The van der Waals surface area contributed by atoms with Crippen molar-refractivity contribution in [3.05, 3.63) is 55.5 Å². The Morgan fingerprint density at radius 2 is 1.45 bits per heavy atom. The van der Waals surface area contributed by atoms with Crippen LogP contribution in [0.15, 0.2) is 38.3 Å². The molecule has 0 aliphatic rings. The third-order valence-electron chi connectivity index (χ3n) is 3.42. The Labute approximate surface area is 175 Å².